The van der Waals surface area contributed by atoms with E-state index in [9.17, 15) is 4.79 Å². The second-order valence-electron chi connectivity index (χ2n) is 1.04. The van der Waals surface area contributed by atoms with E-state index in [1.54, 1.807) is 0 Å². The zero-order valence-corrected chi connectivity index (χ0v) is 6.81. The van der Waals surface area contributed by atoms with Crippen molar-refractivity contribution in [2.45, 2.75) is 0 Å². The Bertz CT molecular complexity index is 91.1. The first kappa shape index (κ1) is 6.76. The molecule has 0 aliphatic carbocycles. The standard InChI is InChI=1S/C3H4N2O.Zn/c6-3-1-4-2-5-3;/h2H,1H2,(H,4,5,6);. The Morgan fingerprint density at radius 1 is 1.86 bits per heavy atom. The van der Waals surface area contributed by atoms with Gasteiger partial charge in [0.1, 0.15) is 6.54 Å². The van der Waals surface area contributed by atoms with E-state index in [0.29, 0.717) is 6.54 Å². The molecule has 7 heavy (non-hydrogen) atoms. The predicted octanol–water partition coefficient (Wildman–Crippen LogP) is -0.858. The third-order valence-corrected chi connectivity index (χ3v) is 0.552. The normalized spacial score (nSPS) is 15.7. The molecule has 0 fully saturated rings. The van der Waals surface area contributed by atoms with Crippen molar-refractivity contribution < 1.29 is 24.3 Å². The summed E-state index contributed by atoms with van der Waals surface area (Å²) < 4.78 is 0. The molecule has 1 aliphatic heterocycles. The van der Waals surface area contributed by atoms with E-state index in [1.807, 2.05) is 0 Å². The average Bonchev–Trinajstić information content (AvgIpc) is 1.86. The fraction of sp³-hybridized carbons (Fsp3) is 0.333. The van der Waals surface area contributed by atoms with Crippen LogP contribution in [0.4, 0.5) is 0 Å². The topological polar surface area (TPSA) is 41.5 Å². The molecule has 3 nitrogen and oxygen atoms in total. The molecule has 0 aromatic heterocycles. The van der Waals surface area contributed by atoms with Gasteiger partial charge >= 0.3 is 0 Å². The van der Waals surface area contributed by atoms with Crippen LogP contribution >= 0.6 is 0 Å². The van der Waals surface area contributed by atoms with Crippen LogP contribution in [-0.4, -0.2) is 18.8 Å². The van der Waals surface area contributed by atoms with Crippen molar-refractivity contribution >= 4 is 12.2 Å². The minimum absolute atomic E-state index is 0. The average molecular weight is 149 g/mol. The largest absolute Gasteiger partial charge is 0.316 e. The molecule has 1 amide bonds. The van der Waals surface area contributed by atoms with Crippen LogP contribution in [0.25, 0.3) is 0 Å². The van der Waals surface area contributed by atoms with Gasteiger partial charge in [-0.25, -0.2) is 0 Å². The van der Waals surface area contributed by atoms with Crippen molar-refractivity contribution in [1.82, 2.24) is 5.32 Å². The molecule has 0 radical (unpaired) electrons. The number of amides is 1. The van der Waals surface area contributed by atoms with Crippen LogP contribution in [0, 0.1) is 0 Å². The number of carbonyl (C=O) groups is 1. The van der Waals surface area contributed by atoms with Crippen LogP contribution in [0.2, 0.25) is 0 Å². The van der Waals surface area contributed by atoms with Gasteiger partial charge < -0.3 is 5.32 Å². The fourth-order valence-corrected chi connectivity index (χ4v) is 0.292. The summed E-state index contributed by atoms with van der Waals surface area (Å²) in [7, 11) is 0. The van der Waals surface area contributed by atoms with Crippen LogP contribution < -0.4 is 5.32 Å². The van der Waals surface area contributed by atoms with Crippen LogP contribution in [0.5, 0.6) is 0 Å². The van der Waals surface area contributed by atoms with E-state index in [-0.39, 0.29) is 25.4 Å². The number of hydrogen-bond acceptors (Lipinski definition) is 2. The third-order valence-electron chi connectivity index (χ3n) is 0.552. The van der Waals surface area contributed by atoms with Crippen molar-refractivity contribution in [2.24, 2.45) is 4.99 Å². The zero-order chi connectivity index (χ0) is 4.41. The Morgan fingerprint density at radius 2 is 2.57 bits per heavy atom. The van der Waals surface area contributed by atoms with Crippen molar-refractivity contribution in [3.05, 3.63) is 0 Å². The van der Waals surface area contributed by atoms with E-state index in [0.717, 1.165) is 0 Å². The number of hydrogen-bond donors (Lipinski definition) is 1. The van der Waals surface area contributed by atoms with Gasteiger partial charge in [0, 0.05) is 19.5 Å². The van der Waals surface area contributed by atoms with Gasteiger partial charge in [-0.1, -0.05) is 0 Å². The van der Waals surface area contributed by atoms with E-state index >= 15 is 0 Å². The summed E-state index contributed by atoms with van der Waals surface area (Å²) in [6.45, 7) is 0.306. The van der Waals surface area contributed by atoms with Gasteiger partial charge in [0.15, 0.2) is 0 Å². The van der Waals surface area contributed by atoms with Gasteiger partial charge in [-0.15, -0.1) is 0 Å². The molecule has 4 heteroatoms. The molecule has 1 N–H and O–H groups in total. The van der Waals surface area contributed by atoms with Gasteiger partial charge in [0.05, 0.1) is 6.34 Å². The number of nitrogens with zero attached hydrogens (tertiary/aromatic N) is 1. The summed E-state index contributed by atoms with van der Waals surface area (Å²) in [6.07, 6.45) is 1.41. The molecule has 0 spiro atoms. The maximum Gasteiger partial charge on any atom is 0.246 e. The van der Waals surface area contributed by atoms with Gasteiger partial charge in [-0.2, -0.15) is 0 Å². The Labute approximate surface area is 54.0 Å². The number of rotatable bonds is 0. The first-order valence-corrected chi connectivity index (χ1v) is 1.67. The van der Waals surface area contributed by atoms with E-state index < -0.39 is 0 Å². The second-order valence-corrected chi connectivity index (χ2v) is 1.04. The number of carbonyl (C=O) groups excluding carboxylic acids is 1. The molecule has 0 bridgehead atoms. The molecule has 1 heterocycles. The first-order valence-electron chi connectivity index (χ1n) is 1.67. The number of nitrogens with one attached hydrogen (secondary N) is 1. The second kappa shape index (κ2) is 2.86. The van der Waals surface area contributed by atoms with E-state index in [1.165, 1.54) is 6.34 Å². The van der Waals surface area contributed by atoms with Crippen molar-refractivity contribution in [3.8, 4) is 0 Å². The summed E-state index contributed by atoms with van der Waals surface area (Å²) in [5.41, 5.74) is 0. The number of aliphatic imine (C=N–C) groups is 1. The molecule has 0 saturated heterocycles. The summed E-state index contributed by atoms with van der Waals surface area (Å²) in [6, 6.07) is 0. The van der Waals surface area contributed by atoms with Crippen LogP contribution in [0.1, 0.15) is 0 Å². The maximum atomic E-state index is 10.0. The molecule has 0 unspecified atom stereocenters. The molecular formula is C3H4N2OZn. The third kappa shape index (κ3) is 1.78. The Morgan fingerprint density at radius 3 is 2.71 bits per heavy atom. The molecule has 0 aromatic rings. The Kier molecular flexibility index (Phi) is 2.76. The molecule has 1 aliphatic rings. The summed E-state index contributed by atoms with van der Waals surface area (Å²) in [5.74, 6) is -0.0185. The predicted molar refractivity (Wildman–Crippen MR) is 21.5 cm³/mol. The van der Waals surface area contributed by atoms with Crippen molar-refractivity contribution in [3.63, 3.8) is 0 Å². The molecule has 0 atom stereocenters. The maximum absolute atomic E-state index is 10.0. The monoisotopic (exact) mass is 148 g/mol. The first-order chi connectivity index (χ1) is 2.89. The van der Waals surface area contributed by atoms with Crippen LogP contribution in [0.15, 0.2) is 4.99 Å². The minimum Gasteiger partial charge on any atom is -0.316 e. The van der Waals surface area contributed by atoms with Crippen LogP contribution in [-0.2, 0) is 24.3 Å². The van der Waals surface area contributed by atoms with Crippen molar-refractivity contribution in [2.75, 3.05) is 6.54 Å². The molecular weight excluding hydrogens is 145 g/mol. The molecule has 0 saturated carbocycles. The van der Waals surface area contributed by atoms with Gasteiger partial charge in [-0.3, -0.25) is 9.79 Å². The van der Waals surface area contributed by atoms with E-state index in [2.05, 4.69) is 10.3 Å². The van der Waals surface area contributed by atoms with Crippen molar-refractivity contribution in [1.29, 1.82) is 0 Å². The molecule has 1 rings (SSSR count). The van der Waals surface area contributed by atoms with Crippen LogP contribution in [0.3, 0.4) is 0 Å². The summed E-state index contributed by atoms with van der Waals surface area (Å²) in [5, 5.41) is 2.39. The van der Waals surface area contributed by atoms with Gasteiger partial charge in [0.2, 0.25) is 5.91 Å². The molecule has 34 valence electrons. The summed E-state index contributed by atoms with van der Waals surface area (Å²) in [4.78, 5) is 13.6. The molecule has 0 aromatic carbocycles. The van der Waals surface area contributed by atoms with Gasteiger partial charge in [0.25, 0.3) is 0 Å². The summed E-state index contributed by atoms with van der Waals surface area (Å²) >= 11 is 0. The Balaban J connectivity index is 0.000000360. The SMILES string of the molecule is O=C1CN=CN1.[Zn]. The van der Waals surface area contributed by atoms with E-state index in [4.69, 9.17) is 0 Å². The quantitative estimate of drug-likeness (QED) is 0.448. The zero-order valence-electron chi connectivity index (χ0n) is 3.85. The Hall–Kier alpha value is -0.237. The van der Waals surface area contributed by atoms with Gasteiger partial charge in [-0.05, 0) is 0 Å². The fourth-order valence-electron chi connectivity index (χ4n) is 0.292. The minimum atomic E-state index is -0.0185. The smallest absolute Gasteiger partial charge is 0.246 e.